The monoisotopic (exact) mass is 331 g/mol. The van der Waals surface area contributed by atoms with Crippen LogP contribution in [0, 0.1) is 12.3 Å². The van der Waals surface area contributed by atoms with Gasteiger partial charge in [-0.15, -0.1) is 11.3 Å². The first kappa shape index (κ1) is 16.2. The van der Waals surface area contributed by atoms with E-state index in [-0.39, 0.29) is 0 Å². The molecule has 0 aliphatic carbocycles. The molecule has 0 amide bonds. The molecule has 3 heteroatoms. The van der Waals surface area contributed by atoms with Crippen LogP contribution in [0.4, 0.5) is 0 Å². The van der Waals surface area contributed by atoms with E-state index in [1.54, 1.807) is 0 Å². The summed E-state index contributed by atoms with van der Waals surface area (Å²) in [5, 5.41) is 3.69. The van der Waals surface area contributed by atoms with Gasteiger partial charge in [-0.2, -0.15) is 0 Å². The third kappa shape index (κ3) is 5.41. The third-order valence-electron chi connectivity index (χ3n) is 2.98. The Balaban J connectivity index is 2.74. The van der Waals surface area contributed by atoms with Gasteiger partial charge < -0.3 is 5.32 Å². The Kier molecular flexibility index (Phi) is 6.36. The maximum absolute atomic E-state index is 3.70. The average Bonchev–Trinajstić information content (AvgIpc) is 2.57. The van der Waals surface area contributed by atoms with Gasteiger partial charge in [-0.3, -0.25) is 0 Å². The zero-order valence-electron chi connectivity index (χ0n) is 12.3. The van der Waals surface area contributed by atoms with Crippen molar-refractivity contribution in [3.63, 3.8) is 0 Å². The van der Waals surface area contributed by atoms with Gasteiger partial charge in [0.25, 0.3) is 0 Å². The van der Waals surface area contributed by atoms with Crippen LogP contribution in [0.1, 0.15) is 62.8 Å². The molecule has 0 fully saturated rings. The lowest BCUT2D eigenvalue weighted by atomic mass is 9.88. The third-order valence-corrected chi connectivity index (χ3v) is 5.06. The van der Waals surface area contributed by atoms with Crippen LogP contribution in [0.15, 0.2) is 10.5 Å². The molecule has 18 heavy (non-hydrogen) atoms. The van der Waals surface area contributed by atoms with Crippen LogP contribution in [0.3, 0.4) is 0 Å². The molecule has 0 radical (unpaired) electrons. The summed E-state index contributed by atoms with van der Waals surface area (Å²) < 4.78 is 1.27. The molecule has 1 rings (SSSR count). The van der Waals surface area contributed by atoms with Crippen molar-refractivity contribution in [3.05, 3.63) is 20.3 Å². The second-order valence-corrected chi connectivity index (χ2v) is 8.32. The van der Waals surface area contributed by atoms with E-state index in [4.69, 9.17) is 0 Å². The first-order chi connectivity index (χ1) is 8.33. The minimum absolute atomic E-state index is 0.408. The predicted octanol–water partition coefficient (Wildman–Crippen LogP) is 5.69. The number of hydrogen-bond donors (Lipinski definition) is 1. The number of aryl methyl sites for hydroxylation is 1. The molecule has 104 valence electrons. The van der Waals surface area contributed by atoms with Crippen molar-refractivity contribution in [2.24, 2.45) is 5.41 Å². The highest BCUT2D eigenvalue weighted by molar-refractivity contribution is 9.10. The fraction of sp³-hybridized carbons (Fsp3) is 0.733. The summed E-state index contributed by atoms with van der Waals surface area (Å²) in [7, 11) is 0. The summed E-state index contributed by atoms with van der Waals surface area (Å²) in [6.07, 6.45) is 3.65. The summed E-state index contributed by atoms with van der Waals surface area (Å²) in [6, 6.07) is 2.73. The molecule has 0 aromatic carbocycles. The highest BCUT2D eigenvalue weighted by Crippen LogP contribution is 2.36. The fourth-order valence-corrected chi connectivity index (χ4v) is 4.00. The van der Waals surface area contributed by atoms with Crippen LogP contribution in [-0.4, -0.2) is 6.54 Å². The van der Waals surface area contributed by atoms with Crippen LogP contribution in [0.5, 0.6) is 0 Å². The van der Waals surface area contributed by atoms with Gasteiger partial charge in [-0.05, 0) is 60.1 Å². The van der Waals surface area contributed by atoms with E-state index in [2.05, 4.69) is 61.9 Å². The lowest BCUT2D eigenvalue weighted by molar-refractivity contribution is 0.333. The van der Waals surface area contributed by atoms with Gasteiger partial charge in [-0.1, -0.05) is 27.7 Å². The molecule has 1 aromatic rings. The van der Waals surface area contributed by atoms with Crippen molar-refractivity contribution in [1.29, 1.82) is 0 Å². The largest absolute Gasteiger partial charge is 0.309 e. The van der Waals surface area contributed by atoms with Gasteiger partial charge in [-0.25, -0.2) is 0 Å². The smallest absolute Gasteiger partial charge is 0.0426 e. The van der Waals surface area contributed by atoms with Gasteiger partial charge in [0.1, 0.15) is 0 Å². The molecule has 0 spiro atoms. The van der Waals surface area contributed by atoms with E-state index in [1.165, 1.54) is 33.5 Å². The maximum Gasteiger partial charge on any atom is 0.0426 e. The summed E-state index contributed by atoms with van der Waals surface area (Å²) in [5.41, 5.74) is 0.408. The molecule has 0 aliphatic heterocycles. The lowest BCUT2D eigenvalue weighted by Crippen LogP contribution is -2.23. The Morgan fingerprint density at radius 2 is 2.06 bits per heavy atom. The van der Waals surface area contributed by atoms with E-state index in [1.807, 2.05) is 11.3 Å². The first-order valence-corrected chi connectivity index (χ1v) is 8.43. The molecule has 1 unspecified atom stereocenters. The second kappa shape index (κ2) is 7.06. The average molecular weight is 332 g/mol. The zero-order valence-corrected chi connectivity index (χ0v) is 14.7. The van der Waals surface area contributed by atoms with E-state index < -0.39 is 0 Å². The number of hydrogen-bond acceptors (Lipinski definition) is 2. The molecule has 1 N–H and O–H groups in total. The molecule has 0 saturated carbocycles. The highest BCUT2D eigenvalue weighted by atomic mass is 79.9. The van der Waals surface area contributed by atoms with Gasteiger partial charge in [0.05, 0.1) is 0 Å². The lowest BCUT2D eigenvalue weighted by Gasteiger charge is -2.24. The Hall–Kier alpha value is 0.140. The molecule has 0 aliphatic rings. The van der Waals surface area contributed by atoms with Gasteiger partial charge in [0.2, 0.25) is 0 Å². The van der Waals surface area contributed by atoms with Crippen molar-refractivity contribution in [1.82, 2.24) is 5.32 Å². The Bertz CT molecular complexity index is 365. The van der Waals surface area contributed by atoms with Gasteiger partial charge >= 0.3 is 0 Å². The normalized spacial score (nSPS) is 13.9. The Morgan fingerprint density at radius 3 is 2.50 bits per heavy atom. The highest BCUT2D eigenvalue weighted by Gasteiger charge is 2.19. The van der Waals surface area contributed by atoms with E-state index in [0.29, 0.717) is 11.5 Å². The van der Waals surface area contributed by atoms with Crippen molar-refractivity contribution >= 4 is 27.3 Å². The molecule has 1 heterocycles. The standard InChI is InChI=1S/C15H26BrNS/c1-6-9-17-13(7-8-15(3,4)5)14-12(16)10-11(2)18-14/h10,13,17H,6-9H2,1-5H3. The molecule has 0 saturated heterocycles. The topological polar surface area (TPSA) is 12.0 Å². The summed E-state index contributed by atoms with van der Waals surface area (Å²) >= 11 is 5.61. The number of nitrogens with one attached hydrogen (secondary N) is 1. The maximum atomic E-state index is 3.70. The van der Waals surface area contributed by atoms with E-state index in [0.717, 1.165) is 6.54 Å². The minimum Gasteiger partial charge on any atom is -0.309 e. The zero-order chi connectivity index (χ0) is 13.8. The van der Waals surface area contributed by atoms with E-state index in [9.17, 15) is 0 Å². The van der Waals surface area contributed by atoms with Crippen molar-refractivity contribution in [2.45, 2.75) is 59.9 Å². The molecule has 1 nitrogen and oxygen atoms in total. The summed E-state index contributed by atoms with van der Waals surface area (Å²) in [4.78, 5) is 2.85. The number of thiophene rings is 1. The predicted molar refractivity (Wildman–Crippen MR) is 86.5 cm³/mol. The first-order valence-electron chi connectivity index (χ1n) is 6.82. The molecule has 0 bridgehead atoms. The van der Waals surface area contributed by atoms with Crippen molar-refractivity contribution in [2.75, 3.05) is 6.54 Å². The Morgan fingerprint density at radius 1 is 1.39 bits per heavy atom. The van der Waals surface area contributed by atoms with Crippen LogP contribution >= 0.6 is 27.3 Å². The summed E-state index contributed by atoms with van der Waals surface area (Å²) in [5.74, 6) is 0. The van der Waals surface area contributed by atoms with Gasteiger partial charge in [0, 0.05) is 20.3 Å². The molecular formula is C15H26BrNS. The minimum atomic E-state index is 0.408. The van der Waals surface area contributed by atoms with E-state index >= 15 is 0 Å². The number of rotatable bonds is 6. The van der Waals surface area contributed by atoms with Crippen LogP contribution in [0.2, 0.25) is 0 Å². The van der Waals surface area contributed by atoms with Crippen molar-refractivity contribution in [3.8, 4) is 0 Å². The van der Waals surface area contributed by atoms with Crippen LogP contribution < -0.4 is 5.32 Å². The number of halogens is 1. The van der Waals surface area contributed by atoms with Crippen LogP contribution in [0.25, 0.3) is 0 Å². The summed E-state index contributed by atoms with van der Waals surface area (Å²) in [6.45, 7) is 12.5. The SMILES string of the molecule is CCCNC(CCC(C)(C)C)c1sc(C)cc1Br. The molecule has 1 aromatic heterocycles. The Labute approximate surface area is 125 Å². The van der Waals surface area contributed by atoms with Crippen molar-refractivity contribution < 1.29 is 0 Å². The quantitative estimate of drug-likeness (QED) is 0.706. The van der Waals surface area contributed by atoms with Crippen LogP contribution in [-0.2, 0) is 0 Å². The van der Waals surface area contributed by atoms with Gasteiger partial charge in [0.15, 0.2) is 0 Å². The fourth-order valence-electron chi connectivity index (χ4n) is 1.96. The second-order valence-electron chi connectivity index (χ2n) is 6.18. The molecule has 1 atom stereocenters. The molecular weight excluding hydrogens is 306 g/mol.